The summed E-state index contributed by atoms with van der Waals surface area (Å²) in [6, 6.07) is 0. The molecule has 94 valence electrons. The maximum absolute atomic E-state index is 5.51. The number of anilines is 1. The van der Waals surface area contributed by atoms with Gasteiger partial charge in [0.15, 0.2) is 0 Å². The Bertz CT molecular complexity index is 315. The first kappa shape index (κ1) is 12.3. The van der Waals surface area contributed by atoms with Gasteiger partial charge in [-0.05, 0) is 31.4 Å². The SMILES string of the molecule is NCCc1cnc(N2CCCCCCC2)nc1. The average molecular weight is 234 g/mol. The molecule has 4 heteroatoms. The zero-order valence-electron chi connectivity index (χ0n) is 10.4. The van der Waals surface area contributed by atoms with E-state index in [1.165, 1.54) is 32.1 Å². The lowest BCUT2D eigenvalue weighted by atomic mass is 10.1. The number of rotatable bonds is 3. The first-order chi connectivity index (χ1) is 8.40. The third-order valence-electron chi connectivity index (χ3n) is 3.26. The molecule has 0 unspecified atom stereocenters. The molecule has 0 aromatic carbocycles. The van der Waals surface area contributed by atoms with Gasteiger partial charge in [0.05, 0.1) is 0 Å². The summed E-state index contributed by atoms with van der Waals surface area (Å²) in [5, 5.41) is 0. The number of hydrogen-bond acceptors (Lipinski definition) is 4. The van der Waals surface area contributed by atoms with Gasteiger partial charge < -0.3 is 10.6 Å². The van der Waals surface area contributed by atoms with Gasteiger partial charge in [0.1, 0.15) is 0 Å². The van der Waals surface area contributed by atoms with Crippen molar-refractivity contribution in [2.45, 2.75) is 38.5 Å². The Kier molecular flexibility index (Phi) is 4.74. The molecule has 2 heterocycles. The van der Waals surface area contributed by atoms with Crippen molar-refractivity contribution in [3.05, 3.63) is 18.0 Å². The van der Waals surface area contributed by atoms with E-state index < -0.39 is 0 Å². The van der Waals surface area contributed by atoms with Gasteiger partial charge in [-0.15, -0.1) is 0 Å². The average Bonchev–Trinajstić information content (AvgIpc) is 2.30. The quantitative estimate of drug-likeness (QED) is 0.865. The summed E-state index contributed by atoms with van der Waals surface area (Å²) >= 11 is 0. The molecule has 1 aromatic heterocycles. The Hall–Kier alpha value is -1.16. The van der Waals surface area contributed by atoms with E-state index in [2.05, 4.69) is 14.9 Å². The van der Waals surface area contributed by atoms with E-state index >= 15 is 0 Å². The van der Waals surface area contributed by atoms with Crippen LogP contribution >= 0.6 is 0 Å². The third kappa shape index (κ3) is 3.66. The highest BCUT2D eigenvalue weighted by Gasteiger charge is 2.11. The van der Waals surface area contributed by atoms with Crippen LogP contribution in [0.1, 0.15) is 37.7 Å². The fourth-order valence-electron chi connectivity index (χ4n) is 2.25. The molecule has 0 amide bonds. The lowest BCUT2D eigenvalue weighted by Crippen LogP contribution is -2.28. The second-order valence-corrected chi connectivity index (χ2v) is 4.68. The monoisotopic (exact) mass is 234 g/mol. The summed E-state index contributed by atoms with van der Waals surface area (Å²) in [6.45, 7) is 2.85. The Morgan fingerprint density at radius 3 is 2.18 bits per heavy atom. The summed E-state index contributed by atoms with van der Waals surface area (Å²) in [5.74, 6) is 0.882. The van der Waals surface area contributed by atoms with Crippen molar-refractivity contribution in [3.8, 4) is 0 Å². The maximum atomic E-state index is 5.51. The van der Waals surface area contributed by atoms with Crippen LogP contribution in [0.15, 0.2) is 12.4 Å². The van der Waals surface area contributed by atoms with Gasteiger partial charge in [0.2, 0.25) is 5.95 Å². The van der Waals surface area contributed by atoms with Crippen molar-refractivity contribution in [2.24, 2.45) is 5.73 Å². The minimum absolute atomic E-state index is 0.659. The standard InChI is InChI=1S/C13H22N4/c14-7-6-12-10-15-13(16-11-12)17-8-4-2-1-3-5-9-17/h10-11H,1-9,14H2. The fraction of sp³-hybridized carbons (Fsp3) is 0.692. The summed E-state index contributed by atoms with van der Waals surface area (Å²) in [6.07, 6.45) is 11.2. The predicted molar refractivity (Wildman–Crippen MR) is 70.1 cm³/mol. The summed E-state index contributed by atoms with van der Waals surface area (Å²) in [5.41, 5.74) is 6.64. The highest BCUT2D eigenvalue weighted by Crippen LogP contribution is 2.15. The Balaban J connectivity index is 1.99. The number of aromatic nitrogens is 2. The van der Waals surface area contributed by atoms with Crippen molar-refractivity contribution in [3.63, 3.8) is 0 Å². The van der Waals surface area contributed by atoms with Gasteiger partial charge in [-0.3, -0.25) is 0 Å². The molecule has 0 atom stereocenters. The normalized spacial score (nSPS) is 17.6. The molecule has 1 saturated heterocycles. The van der Waals surface area contributed by atoms with Crippen LogP contribution in [-0.2, 0) is 6.42 Å². The molecule has 1 aliphatic heterocycles. The largest absolute Gasteiger partial charge is 0.341 e. The van der Waals surface area contributed by atoms with Crippen LogP contribution in [-0.4, -0.2) is 29.6 Å². The highest BCUT2D eigenvalue weighted by atomic mass is 15.2. The highest BCUT2D eigenvalue weighted by molar-refractivity contribution is 5.29. The van der Waals surface area contributed by atoms with Crippen LogP contribution < -0.4 is 10.6 Å². The first-order valence-electron chi connectivity index (χ1n) is 6.66. The van der Waals surface area contributed by atoms with E-state index in [1.807, 2.05) is 12.4 Å². The molecule has 2 rings (SSSR count). The molecular formula is C13H22N4. The van der Waals surface area contributed by atoms with Crippen LogP contribution in [0, 0.1) is 0 Å². The molecule has 1 aliphatic rings. The zero-order chi connectivity index (χ0) is 11.9. The lowest BCUT2D eigenvalue weighted by molar-refractivity contribution is 0.550. The third-order valence-corrected chi connectivity index (χ3v) is 3.26. The molecule has 0 saturated carbocycles. The first-order valence-corrected chi connectivity index (χ1v) is 6.66. The van der Waals surface area contributed by atoms with Crippen molar-refractivity contribution in [1.82, 2.24) is 9.97 Å². The van der Waals surface area contributed by atoms with Crippen LogP contribution in [0.5, 0.6) is 0 Å². The zero-order valence-corrected chi connectivity index (χ0v) is 10.4. The van der Waals surface area contributed by atoms with Crippen LogP contribution in [0.2, 0.25) is 0 Å². The number of nitrogens with zero attached hydrogens (tertiary/aromatic N) is 3. The predicted octanol–water partition coefficient (Wildman–Crippen LogP) is 1.75. The van der Waals surface area contributed by atoms with Crippen molar-refractivity contribution < 1.29 is 0 Å². The molecule has 0 radical (unpaired) electrons. The van der Waals surface area contributed by atoms with Crippen molar-refractivity contribution >= 4 is 5.95 Å². The summed E-state index contributed by atoms with van der Waals surface area (Å²) < 4.78 is 0. The molecule has 0 bridgehead atoms. The van der Waals surface area contributed by atoms with Gasteiger partial charge in [-0.1, -0.05) is 19.3 Å². The lowest BCUT2D eigenvalue weighted by Gasteiger charge is -2.24. The Morgan fingerprint density at radius 1 is 1.00 bits per heavy atom. The van der Waals surface area contributed by atoms with E-state index in [0.717, 1.165) is 31.0 Å². The second kappa shape index (κ2) is 6.55. The number of nitrogens with two attached hydrogens (primary N) is 1. The minimum Gasteiger partial charge on any atom is -0.341 e. The topological polar surface area (TPSA) is 55.0 Å². The Labute approximate surface area is 103 Å². The molecule has 17 heavy (non-hydrogen) atoms. The summed E-state index contributed by atoms with van der Waals surface area (Å²) in [4.78, 5) is 11.2. The molecule has 4 nitrogen and oxygen atoms in total. The molecule has 1 aromatic rings. The fourth-order valence-corrected chi connectivity index (χ4v) is 2.25. The Morgan fingerprint density at radius 2 is 1.59 bits per heavy atom. The maximum Gasteiger partial charge on any atom is 0.225 e. The molecule has 0 spiro atoms. The molecular weight excluding hydrogens is 212 g/mol. The van der Waals surface area contributed by atoms with Crippen LogP contribution in [0.25, 0.3) is 0 Å². The van der Waals surface area contributed by atoms with Crippen LogP contribution in [0.3, 0.4) is 0 Å². The van der Waals surface area contributed by atoms with E-state index in [4.69, 9.17) is 5.73 Å². The van der Waals surface area contributed by atoms with Gasteiger partial charge >= 0.3 is 0 Å². The van der Waals surface area contributed by atoms with Crippen molar-refractivity contribution in [1.29, 1.82) is 0 Å². The van der Waals surface area contributed by atoms with Gasteiger partial charge in [-0.2, -0.15) is 0 Å². The number of hydrogen-bond donors (Lipinski definition) is 1. The second-order valence-electron chi connectivity index (χ2n) is 4.68. The van der Waals surface area contributed by atoms with Gasteiger partial charge in [0.25, 0.3) is 0 Å². The van der Waals surface area contributed by atoms with E-state index in [0.29, 0.717) is 6.54 Å². The summed E-state index contributed by atoms with van der Waals surface area (Å²) in [7, 11) is 0. The van der Waals surface area contributed by atoms with Gasteiger partial charge in [-0.25, -0.2) is 9.97 Å². The van der Waals surface area contributed by atoms with E-state index in [9.17, 15) is 0 Å². The molecule has 0 aliphatic carbocycles. The smallest absolute Gasteiger partial charge is 0.225 e. The van der Waals surface area contributed by atoms with Crippen molar-refractivity contribution in [2.75, 3.05) is 24.5 Å². The van der Waals surface area contributed by atoms with E-state index in [1.54, 1.807) is 0 Å². The van der Waals surface area contributed by atoms with Crippen LogP contribution in [0.4, 0.5) is 5.95 Å². The minimum atomic E-state index is 0.659. The van der Waals surface area contributed by atoms with Gasteiger partial charge in [0, 0.05) is 25.5 Å². The van der Waals surface area contributed by atoms with E-state index in [-0.39, 0.29) is 0 Å². The molecule has 1 fully saturated rings. The molecule has 2 N–H and O–H groups in total.